The topological polar surface area (TPSA) is 63.2 Å². The molecule has 0 radical (unpaired) electrons. The summed E-state index contributed by atoms with van der Waals surface area (Å²) < 4.78 is 30.3. The zero-order valence-electron chi connectivity index (χ0n) is 22.4. The van der Waals surface area contributed by atoms with E-state index in [0.29, 0.717) is 57.8 Å². The molecule has 0 aromatic heterocycles. The van der Waals surface area contributed by atoms with Crippen LogP contribution < -0.4 is 23.7 Å². The SMILES string of the molecule is CCCOc1c(OCCC)c(OC(C)CCC)c2cc(Cl)ccc2c1OC(=O)Cc1ccccc1OC. The molecular weight excluding hydrogens is 492 g/mol. The van der Waals surface area contributed by atoms with Gasteiger partial charge in [0.2, 0.25) is 11.5 Å². The van der Waals surface area contributed by atoms with Crippen LogP contribution in [0, 0.1) is 0 Å². The van der Waals surface area contributed by atoms with Crippen LogP contribution in [-0.2, 0) is 11.2 Å². The normalized spacial score (nSPS) is 11.7. The summed E-state index contributed by atoms with van der Waals surface area (Å²) in [5, 5.41) is 1.90. The van der Waals surface area contributed by atoms with E-state index in [-0.39, 0.29) is 12.5 Å². The quantitative estimate of drug-likeness (QED) is 0.157. The van der Waals surface area contributed by atoms with E-state index < -0.39 is 5.97 Å². The number of benzene rings is 3. The number of methoxy groups -OCH3 is 1. The van der Waals surface area contributed by atoms with Crippen molar-refractivity contribution in [2.75, 3.05) is 20.3 Å². The van der Waals surface area contributed by atoms with E-state index in [1.165, 1.54) is 0 Å². The van der Waals surface area contributed by atoms with Crippen molar-refractivity contribution in [2.45, 2.75) is 65.9 Å². The van der Waals surface area contributed by atoms with E-state index in [2.05, 4.69) is 6.92 Å². The molecule has 37 heavy (non-hydrogen) atoms. The maximum Gasteiger partial charge on any atom is 0.315 e. The Bertz CT molecular complexity index is 1190. The fraction of sp³-hybridized carbons (Fsp3) is 0.433. The number of rotatable bonds is 14. The molecule has 1 unspecified atom stereocenters. The zero-order valence-corrected chi connectivity index (χ0v) is 23.2. The highest BCUT2D eigenvalue weighted by Gasteiger charge is 2.28. The van der Waals surface area contributed by atoms with Gasteiger partial charge in [0.15, 0.2) is 11.5 Å². The van der Waals surface area contributed by atoms with Crippen LogP contribution >= 0.6 is 11.6 Å². The van der Waals surface area contributed by atoms with Crippen molar-refractivity contribution in [1.29, 1.82) is 0 Å². The molecule has 200 valence electrons. The first-order valence-electron chi connectivity index (χ1n) is 13.0. The maximum atomic E-state index is 13.2. The molecule has 0 fully saturated rings. The molecule has 0 bridgehead atoms. The molecule has 0 aliphatic carbocycles. The summed E-state index contributed by atoms with van der Waals surface area (Å²) in [6.45, 7) is 9.05. The summed E-state index contributed by atoms with van der Waals surface area (Å²) >= 11 is 6.42. The fourth-order valence-electron chi connectivity index (χ4n) is 4.06. The molecule has 3 rings (SSSR count). The Kier molecular flexibility index (Phi) is 10.8. The van der Waals surface area contributed by atoms with Gasteiger partial charge in [0.25, 0.3) is 0 Å². The number of esters is 1. The van der Waals surface area contributed by atoms with Crippen LogP contribution in [0.15, 0.2) is 42.5 Å². The molecule has 0 amide bonds. The number of ether oxygens (including phenoxy) is 5. The highest BCUT2D eigenvalue weighted by Crippen LogP contribution is 2.52. The summed E-state index contributed by atoms with van der Waals surface area (Å²) in [4.78, 5) is 13.2. The Morgan fingerprint density at radius 1 is 0.865 bits per heavy atom. The lowest BCUT2D eigenvalue weighted by Crippen LogP contribution is -2.16. The average Bonchev–Trinajstić information content (AvgIpc) is 2.88. The monoisotopic (exact) mass is 528 g/mol. The molecule has 7 heteroatoms. The third-order valence-electron chi connectivity index (χ3n) is 5.75. The fourth-order valence-corrected chi connectivity index (χ4v) is 4.24. The molecular formula is C30H37ClO6. The lowest BCUT2D eigenvalue weighted by atomic mass is 10.1. The molecule has 0 N–H and O–H groups in total. The number of halogens is 1. The van der Waals surface area contributed by atoms with Gasteiger partial charge < -0.3 is 23.7 Å². The molecule has 0 heterocycles. The molecule has 3 aromatic carbocycles. The molecule has 0 aliphatic heterocycles. The average molecular weight is 529 g/mol. The van der Waals surface area contributed by atoms with Gasteiger partial charge in [-0.15, -0.1) is 0 Å². The second kappa shape index (κ2) is 14.0. The summed E-state index contributed by atoms with van der Waals surface area (Å²) in [7, 11) is 1.58. The van der Waals surface area contributed by atoms with Gasteiger partial charge in [0, 0.05) is 21.4 Å². The number of carbonyl (C=O) groups excluding carboxylic acids is 1. The summed E-state index contributed by atoms with van der Waals surface area (Å²) in [5.41, 5.74) is 0.731. The van der Waals surface area contributed by atoms with Crippen LogP contribution in [0.5, 0.6) is 28.7 Å². The second-order valence-corrected chi connectivity index (χ2v) is 9.32. The van der Waals surface area contributed by atoms with Gasteiger partial charge in [-0.05, 0) is 50.5 Å². The largest absolute Gasteiger partial charge is 0.496 e. The number of para-hydroxylation sites is 1. The van der Waals surface area contributed by atoms with Gasteiger partial charge in [0.1, 0.15) is 5.75 Å². The van der Waals surface area contributed by atoms with Crippen LogP contribution in [0.25, 0.3) is 10.8 Å². The van der Waals surface area contributed by atoms with Gasteiger partial charge in [0.05, 0.1) is 32.8 Å². The Balaban J connectivity index is 2.18. The maximum absolute atomic E-state index is 13.2. The van der Waals surface area contributed by atoms with Crippen LogP contribution in [0.4, 0.5) is 0 Å². The minimum Gasteiger partial charge on any atom is -0.496 e. The van der Waals surface area contributed by atoms with Crippen molar-refractivity contribution in [3.8, 4) is 28.7 Å². The van der Waals surface area contributed by atoms with Gasteiger partial charge in [-0.2, -0.15) is 0 Å². The van der Waals surface area contributed by atoms with E-state index in [0.717, 1.165) is 31.2 Å². The molecule has 0 saturated carbocycles. The summed E-state index contributed by atoms with van der Waals surface area (Å²) in [6.07, 6.45) is 3.37. The lowest BCUT2D eigenvalue weighted by molar-refractivity contribution is -0.133. The minimum atomic E-state index is -0.448. The number of hydrogen-bond donors (Lipinski definition) is 0. The van der Waals surface area contributed by atoms with E-state index in [1.807, 2.05) is 57.2 Å². The molecule has 0 spiro atoms. The molecule has 0 aliphatic rings. The van der Waals surface area contributed by atoms with Crippen molar-refractivity contribution < 1.29 is 28.5 Å². The highest BCUT2D eigenvalue weighted by atomic mass is 35.5. The number of fused-ring (bicyclic) bond motifs is 1. The van der Waals surface area contributed by atoms with E-state index in [1.54, 1.807) is 13.2 Å². The van der Waals surface area contributed by atoms with Gasteiger partial charge >= 0.3 is 5.97 Å². The highest BCUT2D eigenvalue weighted by molar-refractivity contribution is 6.31. The van der Waals surface area contributed by atoms with Crippen LogP contribution in [0.2, 0.25) is 5.02 Å². The zero-order chi connectivity index (χ0) is 26.8. The van der Waals surface area contributed by atoms with Gasteiger partial charge in [-0.25, -0.2) is 0 Å². The van der Waals surface area contributed by atoms with Crippen molar-refractivity contribution in [3.05, 3.63) is 53.1 Å². The predicted molar refractivity (Wildman–Crippen MR) is 148 cm³/mol. The minimum absolute atomic E-state index is 0.0310. The van der Waals surface area contributed by atoms with Gasteiger partial charge in [-0.1, -0.05) is 57.0 Å². The van der Waals surface area contributed by atoms with E-state index >= 15 is 0 Å². The third kappa shape index (κ3) is 7.22. The third-order valence-corrected chi connectivity index (χ3v) is 5.98. The van der Waals surface area contributed by atoms with Crippen molar-refractivity contribution in [3.63, 3.8) is 0 Å². The van der Waals surface area contributed by atoms with E-state index in [4.69, 9.17) is 35.3 Å². The smallest absolute Gasteiger partial charge is 0.315 e. The predicted octanol–water partition coefficient (Wildman–Crippen LogP) is 7.79. The number of hydrogen-bond acceptors (Lipinski definition) is 6. The Hall–Kier alpha value is -3.12. The van der Waals surface area contributed by atoms with Crippen LogP contribution in [-0.4, -0.2) is 32.4 Å². The van der Waals surface area contributed by atoms with Crippen molar-refractivity contribution >= 4 is 28.3 Å². The standard InChI is InChI=1S/C30H37ClO6/c1-6-11-20(4)36-28-24-19-22(31)14-15-23(24)27(29(34-16-7-2)30(28)35-17-8-3)37-26(32)18-21-12-9-10-13-25(21)33-5/h9-10,12-15,19-20H,6-8,11,16-18H2,1-5H3. The van der Waals surface area contributed by atoms with Crippen molar-refractivity contribution in [2.24, 2.45) is 0 Å². The molecule has 6 nitrogen and oxygen atoms in total. The molecule has 1 atom stereocenters. The molecule has 0 saturated heterocycles. The van der Waals surface area contributed by atoms with Crippen LogP contribution in [0.3, 0.4) is 0 Å². The first-order valence-corrected chi connectivity index (χ1v) is 13.3. The first kappa shape index (κ1) is 28.5. The Morgan fingerprint density at radius 2 is 1.54 bits per heavy atom. The Labute approximate surface area is 224 Å². The summed E-state index contributed by atoms with van der Waals surface area (Å²) in [6, 6.07) is 12.8. The van der Waals surface area contributed by atoms with Crippen molar-refractivity contribution in [1.82, 2.24) is 0 Å². The van der Waals surface area contributed by atoms with E-state index in [9.17, 15) is 4.79 Å². The Morgan fingerprint density at radius 3 is 2.19 bits per heavy atom. The lowest BCUT2D eigenvalue weighted by Gasteiger charge is -2.24. The number of carbonyl (C=O) groups is 1. The van der Waals surface area contributed by atoms with Gasteiger partial charge in [-0.3, -0.25) is 4.79 Å². The molecule has 3 aromatic rings. The second-order valence-electron chi connectivity index (χ2n) is 8.88. The first-order chi connectivity index (χ1) is 17.9. The van der Waals surface area contributed by atoms with Crippen LogP contribution in [0.1, 0.15) is 58.9 Å². The summed E-state index contributed by atoms with van der Waals surface area (Å²) in [5.74, 6) is 1.80.